The zero-order valence-electron chi connectivity index (χ0n) is 7.23. The predicted molar refractivity (Wildman–Crippen MR) is 56.9 cm³/mol. The van der Waals surface area contributed by atoms with E-state index in [2.05, 4.69) is 17.5 Å². The first-order chi connectivity index (χ1) is 6.80. The van der Waals surface area contributed by atoms with Gasteiger partial charge in [0.15, 0.2) is 5.11 Å². The minimum atomic E-state index is -4.42. The number of hydrogen-bond donors (Lipinski definition) is 2. The highest BCUT2D eigenvalue weighted by molar-refractivity contribution is 7.80. The molecule has 0 aliphatic heterocycles. The number of rotatable bonds is 1. The van der Waals surface area contributed by atoms with Gasteiger partial charge in [-0.15, -0.1) is 0 Å². The molecular weight excluding hydrogens is 249 g/mol. The van der Waals surface area contributed by atoms with Crippen LogP contribution in [0.4, 0.5) is 18.9 Å². The van der Waals surface area contributed by atoms with Crippen molar-refractivity contribution in [1.82, 2.24) is 0 Å². The molecule has 1 aromatic carbocycles. The van der Waals surface area contributed by atoms with Crippen molar-refractivity contribution < 1.29 is 13.2 Å². The molecule has 0 saturated carbocycles. The summed E-state index contributed by atoms with van der Waals surface area (Å²) in [5.41, 5.74) is 4.36. The number of alkyl halides is 3. The Morgan fingerprint density at radius 3 is 2.47 bits per heavy atom. The molecule has 0 bridgehead atoms. The monoisotopic (exact) mass is 254 g/mol. The van der Waals surface area contributed by atoms with Gasteiger partial charge in [0, 0.05) is 0 Å². The fraction of sp³-hybridized carbons (Fsp3) is 0.125. The summed E-state index contributed by atoms with van der Waals surface area (Å²) in [6.45, 7) is 0. The topological polar surface area (TPSA) is 38.0 Å². The predicted octanol–water partition coefficient (Wildman–Crippen LogP) is 3.01. The van der Waals surface area contributed by atoms with Crippen molar-refractivity contribution in [3.8, 4) is 0 Å². The number of anilines is 1. The van der Waals surface area contributed by atoms with Gasteiger partial charge < -0.3 is 11.1 Å². The molecule has 1 rings (SSSR count). The van der Waals surface area contributed by atoms with Crippen LogP contribution >= 0.6 is 23.8 Å². The molecule has 15 heavy (non-hydrogen) atoms. The Hall–Kier alpha value is -1.01. The maximum Gasteiger partial charge on any atom is 0.416 e. The van der Waals surface area contributed by atoms with Gasteiger partial charge in [-0.05, 0) is 30.4 Å². The fourth-order valence-corrected chi connectivity index (χ4v) is 1.20. The van der Waals surface area contributed by atoms with Gasteiger partial charge in [0.25, 0.3) is 0 Å². The molecular formula is C8H6ClF3N2S. The summed E-state index contributed by atoms with van der Waals surface area (Å²) < 4.78 is 36.9. The van der Waals surface area contributed by atoms with Crippen LogP contribution in [0.5, 0.6) is 0 Å². The first kappa shape index (κ1) is 12.1. The maximum absolute atomic E-state index is 12.3. The number of benzene rings is 1. The third kappa shape index (κ3) is 3.24. The van der Waals surface area contributed by atoms with Crippen molar-refractivity contribution in [1.29, 1.82) is 0 Å². The molecule has 0 fully saturated rings. The minimum absolute atomic E-state index is 0.0407. The van der Waals surface area contributed by atoms with E-state index in [4.69, 9.17) is 17.3 Å². The van der Waals surface area contributed by atoms with Crippen molar-refractivity contribution in [3.05, 3.63) is 28.8 Å². The van der Waals surface area contributed by atoms with E-state index in [1.807, 2.05) is 0 Å². The van der Waals surface area contributed by atoms with Crippen LogP contribution in [0.3, 0.4) is 0 Å². The van der Waals surface area contributed by atoms with Crippen LogP contribution in [-0.2, 0) is 6.18 Å². The summed E-state index contributed by atoms with van der Waals surface area (Å²) in [5, 5.41) is 2.34. The van der Waals surface area contributed by atoms with E-state index in [9.17, 15) is 13.2 Å². The van der Waals surface area contributed by atoms with Crippen LogP contribution in [-0.4, -0.2) is 5.11 Å². The normalized spacial score (nSPS) is 11.2. The third-order valence-corrected chi connectivity index (χ3v) is 1.98. The van der Waals surface area contributed by atoms with Crippen molar-refractivity contribution in [2.75, 3.05) is 5.32 Å². The van der Waals surface area contributed by atoms with E-state index in [1.54, 1.807) is 0 Å². The third-order valence-electron chi connectivity index (χ3n) is 1.55. The molecule has 0 heterocycles. The molecule has 7 heteroatoms. The van der Waals surface area contributed by atoms with E-state index in [0.29, 0.717) is 0 Å². The van der Waals surface area contributed by atoms with E-state index in [0.717, 1.165) is 18.2 Å². The van der Waals surface area contributed by atoms with E-state index >= 15 is 0 Å². The maximum atomic E-state index is 12.3. The lowest BCUT2D eigenvalue weighted by atomic mass is 10.2. The first-order valence-electron chi connectivity index (χ1n) is 3.74. The second-order valence-corrected chi connectivity index (χ2v) is 3.53. The molecule has 0 aliphatic rings. The van der Waals surface area contributed by atoms with E-state index < -0.39 is 11.7 Å². The van der Waals surface area contributed by atoms with Crippen LogP contribution in [0.15, 0.2) is 18.2 Å². The largest absolute Gasteiger partial charge is 0.416 e. The van der Waals surface area contributed by atoms with Gasteiger partial charge in [-0.2, -0.15) is 13.2 Å². The summed E-state index contributed by atoms with van der Waals surface area (Å²) in [6.07, 6.45) is -4.42. The molecule has 0 aromatic heterocycles. The fourth-order valence-electron chi connectivity index (χ4n) is 0.930. The zero-order chi connectivity index (χ0) is 11.6. The molecule has 0 atom stereocenters. The van der Waals surface area contributed by atoms with Gasteiger partial charge in [-0.1, -0.05) is 11.6 Å². The van der Waals surface area contributed by atoms with Crippen molar-refractivity contribution in [2.24, 2.45) is 5.73 Å². The van der Waals surface area contributed by atoms with Crippen LogP contribution in [0, 0.1) is 0 Å². The van der Waals surface area contributed by atoms with Crippen molar-refractivity contribution in [3.63, 3.8) is 0 Å². The smallest absolute Gasteiger partial charge is 0.376 e. The van der Waals surface area contributed by atoms with Gasteiger partial charge in [0.2, 0.25) is 0 Å². The Balaban J connectivity index is 3.11. The highest BCUT2D eigenvalue weighted by Gasteiger charge is 2.30. The molecule has 0 radical (unpaired) electrons. The van der Waals surface area contributed by atoms with Gasteiger partial charge in [0.05, 0.1) is 16.3 Å². The Labute approximate surface area is 94.2 Å². The van der Waals surface area contributed by atoms with Crippen molar-refractivity contribution >= 4 is 34.6 Å². The molecule has 82 valence electrons. The molecule has 0 saturated heterocycles. The van der Waals surface area contributed by atoms with Crippen LogP contribution < -0.4 is 11.1 Å². The Morgan fingerprint density at radius 2 is 2.00 bits per heavy atom. The average Bonchev–Trinajstić information content (AvgIpc) is 2.06. The SMILES string of the molecule is NC(=S)Nc1cc(C(F)(F)F)ccc1Cl. The number of hydrogen-bond acceptors (Lipinski definition) is 1. The lowest BCUT2D eigenvalue weighted by molar-refractivity contribution is -0.137. The Kier molecular flexibility index (Phi) is 3.41. The summed E-state index contributed by atoms with van der Waals surface area (Å²) in [4.78, 5) is 0. The molecule has 0 amide bonds. The van der Waals surface area contributed by atoms with Crippen LogP contribution in [0.1, 0.15) is 5.56 Å². The molecule has 3 N–H and O–H groups in total. The number of nitrogens with one attached hydrogen (secondary N) is 1. The van der Waals surface area contributed by atoms with Crippen LogP contribution in [0.25, 0.3) is 0 Å². The summed E-state index contributed by atoms with van der Waals surface area (Å²) >= 11 is 10.1. The van der Waals surface area contributed by atoms with Crippen LogP contribution in [0.2, 0.25) is 5.02 Å². The molecule has 0 spiro atoms. The quantitative estimate of drug-likeness (QED) is 0.757. The molecule has 0 unspecified atom stereocenters. The minimum Gasteiger partial charge on any atom is -0.376 e. The highest BCUT2D eigenvalue weighted by Crippen LogP contribution is 2.33. The Bertz CT molecular complexity index is 392. The first-order valence-corrected chi connectivity index (χ1v) is 4.52. The van der Waals surface area contributed by atoms with Crippen molar-refractivity contribution in [2.45, 2.75) is 6.18 Å². The van der Waals surface area contributed by atoms with E-state index in [1.165, 1.54) is 0 Å². The van der Waals surface area contributed by atoms with Gasteiger partial charge >= 0.3 is 6.18 Å². The molecule has 0 aliphatic carbocycles. The number of thiocarbonyl (C=S) groups is 1. The second kappa shape index (κ2) is 4.24. The van der Waals surface area contributed by atoms with Gasteiger partial charge in [-0.3, -0.25) is 0 Å². The molecule has 2 nitrogen and oxygen atoms in total. The van der Waals surface area contributed by atoms with Gasteiger partial charge in [0.1, 0.15) is 0 Å². The second-order valence-electron chi connectivity index (χ2n) is 2.68. The molecule has 1 aromatic rings. The number of halogens is 4. The highest BCUT2D eigenvalue weighted by atomic mass is 35.5. The van der Waals surface area contributed by atoms with Gasteiger partial charge in [-0.25, -0.2) is 0 Å². The Morgan fingerprint density at radius 1 is 1.40 bits per heavy atom. The average molecular weight is 255 g/mol. The lowest BCUT2D eigenvalue weighted by Crippen LogP contribution is -2.19. The summed E-state index contributed by atoms with van der Waals surface area (Å²) in [6, 6.07) is 2.86. The summed E-state index contributed by atoms with van der Waals surface area (Å²) in [7, 11) is 0. The number of nitrogens with two attached hydrogens (primary N) is 1. The zero-order valence-corrected chi connectivity index (χ0v) is 8.80. The standard InChI is InChI=1S/C8H6ClF3N2S/c9-5-2-1-4(8(10,11)12)3-6(5)14-7(13)15/h1-3H,(H3,13,14,15). The van der Waals surface area contributed by atoms with E-state index in [-0.39, 0.29) is 15.8 Å². The lowest BCUT2D eigenvalue weighted by Gasteiger charge is -2.11. The summed E-state index contributed by atoms with van der Waals surface area (Å²) in [5.74, 6) is 0.